The van der Waals surface area contributed by atoms with E-state index in [0.717, 1.165) is 0 Å². The molecule has 1 amide bonds. The van der Waals surface area contributed by atoms with Gasteiger partial charge in [-0.3, -0.25) is 4.79 Å². The molecule has 1 aromatic rings. The number of carbonyl (C=O) groups excluding carboxylic acids is 2. The molecule has 0 aliphatic heterocycles. The number of ether oxygens (including phenoxy) is 1. The molecular formula is C10H16N4O3. The second-order valence-electron chi connectivity index (χ2n) is 3.32. The largest absolute Gasteiger partial charge is 0.463 e. The molecule has 0 radical (unpaired) electrons. The fraction of sp³-hybridized carbons (Fsp3) is 0.600. The standard InChI is InChI=1S/C10H16N4O3/c1-4-13(5-2)8(15)6-14-7-11-9(12-14)10(16)17-3/h7H,4-6H2,1-3H3. The minimum atomic E-state index is -0.612. The molecule has 0 aliphatic carbocycles. The van der Waals surface area contributed by atoms with Gasteiger partial charge in [0.05, 0.1) is 7.11 Å². The van der Waals surface area contributed by atoms with Gasteiger partial charge in [0.15, 0.2) is 0 Å². The number of aromatic nitrogens is 3. The van der Waals surface area contributed by atoms with Gasteiger partial charge >= 0.3 is 5.97 Å². The van der Waals surface area contributed by atoms with Crippen LogP contribution in [-0.4, -0.2) is 51.7 Å². The van der Waals surface area contributed by atoms with Crippen LogP contribution in [0.2, 0.25) is 0 Å². The van der Waals surface area contributed by atoms with Crippen LogP contribution in [0, 0.1) is 0 Å². The van der Waals surface area contributed by atoms with E-state index in [0.29, 0.717) is 13.1 Å². The number of carbonyl (C=O) groups is 2. The molecule has 0 saturated heterocycles. The lowest BCUT2D eigenvalue weighted by atomic mass is 10.4. The van der Waals surface area contributed by atoms with Crippen LogP contribution >= 0.6 is 0 Å². The zero-order valence-electron chi connectivity index (χ0n) is 10.2. The van der Waals surface area contributed by atoms with Gasteiger partial charge in [-0.15, -0.1) is 5.10 Å². The Morgan fingerprint density at radius 2 is 2.06 bits per heavy atom. The molecule has 0 fully saturated rings. The monoisotopic (exact) mass is 240 g/mol. The van der Waals surface area contributed by atoms with Crippen LogP contribution in [0.15, 0.2) is 6.33 Å². The summed E-state index contributed by atoms with van der Waals surface area (Å²) in [4.78, 5) is 28.3. The first-order valence-corrected chi connectivity index (χ1v) is 5.37. The van der Waals surface area contributed by atoms with E-state index in [1.54, 1.807) is 4.90 Å². The molecule has 0 spiro atoms. The minimum Gasteiger partial charge on any atom is -0.463 e. The third kappa shape index (κ3) is 3.27. The molecule has 17 heavy (non-hydrogen) atoms. The van der Waals surface area contributed by atoms with Gasteiger partial charge in [0.1, 0.15) is 12.9 Å². The first-order chi connectivity index (χ1) is 8.12. The van der Waals surface area contributed by atoms with Crippen molar-refractivity contribution in [2.75, 3.05) is 20.2 Å². The highest BCUT2D eigenvalue weighted by Gasteiger charge is 2.14. The zero-order chi connectivity index (χ0) is 12.8. The second-order valence-corrected chi connectivity index (χ2v) is 3.32. The van der Waals surface area contributed by atoms with Crippen molar-refractivity contribution in [3.63, 3.8) is 0 Å². The summed E-state index contributed by atoms with van der Waals surface area (Å²) in [6.45, 7) is 5.18. The lowest BCUT2D eigenvalue weighted by Crippen LogP contribution is -2.33. The molecular weight excluding hydrogens is 224 g/mol. The van der Waals surface area contributed by atoms with Crippen molar-refractivity contribution in [2.45, 2.75) is 20.4 Å². The maximum atomic E-state index is 11.7. The number of esters is 1. The fourth-order valence-corrected chi connectivity index (χ4v) is 1.37. The highest BCUT2D eigenvalue weighted by atomic mass is 16.5. The first-order valence-electron chi connectivity index (χ1n) is 5.37. The Hall–Kier alpha value is -1.92. The number of nitrogens with zero attached hydrogens (tertiary/aromatic N) is 4. The third-order valence-electron chi connectivity index (χ3n) is 2.32. The summed E-state index contributed by atoms with van der Waals surface area (Å²) in [6, 6.07) is 0. The molecule has 1 aromatic heterocycles. The van der Waals surface area contributed by atoms with E-state index < -0.39 is 5.97 Å². The van der Waals surface area contributed by atoms with Crippen LogP contribution in [0.4, 0.5) is 0 Å². The molecule has 7 heteroatoms. The van der Waals surface area contributed by atoms with Crippen molar-refractivity contribution in [2.24, 2.45) is 0 Å². The van der Waals surface area contributed by atoms with Gasteiger partial charge in [-0.1, -0.05) is 0 Å². The van der Waals surface area contributed by atoms with E-state index >= 15 is 0 Å². The highest BCUT2D eigenvalue weighted by Crippen LogP contribution is 1.96. The van der Waals surface area contributed by atoms with Crippen LogP contribution < -0.4 is 0 Å². The minimum absolute atomic E-state index is 0.0418. The van der Waals surface area contributed by atoms with Crippen molar-refractivity contribution in [3.8, 4) is 0 Å². The number of hydrogen-bond acceptors (Lipinski definition) is 5. The Labute approximate surface area is 99.4 Å². The quantitative estimate of drug-likeness (QED) is 0.673. The summed E-state index contributed by atoms with van der Waals surface area (Å²) < 4.78 is 5.80. The Kier molecular flexibility index (Phi) is 4.62. The van der Waals surface area contributed by atoms with Gasteiger partial charge in [-0.2, -0.15) is 0 Å². The van der Waals surface area contributed by atoms with E-state index in [1.807, 2.05) is 13.8 Å². The Morgan fingerprint density at radius 1 is 1.41 bits per heavy atom. The molecule has 0 atom stereocenters. The zero-order valence-corrected chi connectivity index (χ0v) is 10.2. The van der Waals surface area contributed by atoms with Gasteiger partial charge in [0.25, 0.3) is 5.82 Å². The SMILES string of the molecule is CCN(CC)C(=O)Cn1cnc(C(=O)OC)n1. The first kappa shape index (κ1) is 13.1. The molecule has 94 valence electrons. The number of rotatable bonds is 5. The summed E-state index contributed by atoms with van der Waals surface area (Å²) in [7, 11) is 1.25. The molecule has 0 aliphatic rings. The van der Waals surface area contributed by atoms with Crippen LogP contribution in [0.3, 0.4) is 0 Å². The smallest absolute Gasteiger partial charge is 0.377 e. The highest BCUT2D eigenvalue weighted by molar-refractivity contribution is 5.84. The summed E-state index contributed by atoms with van der Waals surface area (Å²) in [6.07, 6.45) is 1.34. The number of hydrogen-bond donors (Lipinski definition) is 0. The van der Waals surface area contributed by atoms with Crippen molar-refractivity contribution >= 4 is 11.9 Å². The van der Waals surface area contributed by atoms with Gasteiger partial charge in [-0.05, 0) is 13.8 Å². The summed E-state index contributed by atoms with van der Waals surface area (Å²) in [5, 5.41) is 3.86. The Morgan fingerprint density at radius 3 is 2.59 bits per heavy atom. The van der Waals surface area contributed by atoms with E-state index in [-0.39, 0.29) is 18.3 Å². The van der Waals surface area contributed by atoms with Crippen molar-refractivity contribution < 1.29 is 14.3 Å². The second kappa shape index (κ2) is 5.97. The summed E-state index contributed by atoms with van der Waals surface area (Å²) in [5.74, 6) is -0.713. The van der Waals surface area contributed by atoms with Crippen LogP contribution in [0.25, 0.3) is 0 Å². The summed E-state index contributed by atoms with van der Waals surface area (Å²) >= 11 is 0. The lowest BCUT2D eigenvalue weighted by molar-refractivity contribution is -0.131. The number of likely N-dealkylation sites (N-methyl/N-ethyl adjacent to an activating group) is 1. The van der Waals surface area contributed by atoms with Gasteiger partial charge in [-0.25, -0.2) is 14.5 Å². The van der Waals surface area contributed by atoms with E-state index in [1.165, 1.54) is 18.1 Å². The molecule has 0 aromatic carbocycles. The topological polar surface area (TPSA) is 77.3 Å². The van der Waals surface area contributed by atoms with Crippen molar-refractivity contribution in [1.82, 2.24) is 19.7 Å². The predicted molar refractivity (Wildman–Crippen MR) is 59.3 cm³/mol. The average Bonchev–Trinajstić information content (AvgIpc) is 2.78. The van der Waals surface area contributed by atoms with E-state index in [2.05, 4.69) is 14.8 Å². The number of amides is 1. The summed E-state index contributed by atoms with van der Waals surface area (Å²) in [5.41, 5.74) is 0. The molecule has 0 bridgehead atoms. The maximum absolute atomic E-state index is 11.7. The lowest BCUT2D eigenvalue weighted by Gasteiger charge is -2.17. The molecule has 7 nitrogen and oxygen atoms in total. The average molecular weight is 240 g/mol. The molecule has 0 unspecified atom stereocenters. The maximum Gasteiger partial charge on any atom is 0.377 e. The van der Waals surface area contributed by atoms with Crippen molar-refractivity contribution in [1.29, 1.82) is 0 Å². The number of methoxy groups -OCH3 is 1. The normalized spacial score (nSPS) is 10.1. The Bertz CT molecular complexity index is 398. The van der Waals surface area contributed by atoms with Gasteiger partial charge in [0, 0.05) is 13.1 Å². The van der Waals surface area contributed by atoms with Crippen molar-refractivity contribution in [3.05, 3.63) is 12.2 Å². The van der Waals surface area contributed by atoms with E-state index in [4.69, 9.17) is 0 Å². The predicted octanol–water partition coefficient (Wildman–Crippen LogP) is -0.0669. The van der Waals surface area contributed by atoms with Crippen LogP contribution in [0.5, 0.6) is 0 Å². The van der Waals surface area contributed by atoms with Gasteiger partial charge < -0.3 is 9.64 Å². The van der Waals surface area contributed by atoms with E-state index in [9.17, 15) is 9.59 Å². The molecule has 0 saturated carbocycles. The molecule has 1 heterocycles. The van der Waals surface area contributed by atoms with Crippen LogP contribution in [0.1, 0.15) is 24.5 Å². The fourth-order valence-electron chi connectivity index (χ4n) is 1.37. The third-order valence-corrected chi connectivity index (χ3v) is 2.32. The van der Waals surface area contributed by atoms with Gasteiger partial charge in [0.2, 0.25) is 5.91 Å². The Balaban J connectivity index is 2.66. The molecule has 0 N–H and O–H groups in total. The molecule has 1 rings (SSSR count). The van der Waals surface area contributed by atoms with Crippen LogP contribution in [-0.2, 0) is 16.1 Å².